The lowest BCUT2D eigenvalue weighted by Crippen LogP contribution is -2.40. The zero-order chi connectivity index (χ0) is 18.5. The monoisotopic (exact) mass is 353 g/mol. The number of hydrogen-bond donors (Lipinski definition) is 2. The van der Waals surface area contributed by atoms with Crippen molar-refractivity contribution in [3.8, 4) is 0 Å². The number of ether oxygens (including phenoxy) is 1. The average molecular weight is 354 g/mol. The van der Waals surface area contributed by atoms with E-state index >= 15 is 0 Å². The molecule has 140 valence electrons. The highest BCUT2D eigenvalue weighted by atomic mass is 16.5. The van der Waals surface area contributed by atoms with Gasteiger partial charge >= 0.3 is 0 Å². The molecule has 2 aromatic carbocycles. The third-order valence-corrected chi connectivity index (χ3v) is 4.31. The molecule has 0 radical (unpaired) electrons. The molecule has 0 saturated carbocycles. The van der Waals surface area contributed by atoms with Crippen molar-refractivity contribution in [2.75, 3.05) is 33.4 Å². The van der Waals surface area contributed by atoms with E-state index in [1.165, 1.54) is 11.1 Å². The van der Waals surface area contributed by atoms with Crippen LogP contribution in [0.4, 0.5) is 0 Å². The van der Waals surface area contributed by atoms with Crippen LogP contribution in [0.3, 0.4) is 0 Å². The van der Waals surface area contributed by atoms with Crippen LogP contribution in [-0.4, -0.2) is 39.3 Å². The maximum absolute atomic E-state index is 5.37. The highest BCUT2D eigenvalue weighted by Gasteiger charge is 2.14. The molecule has 26 heavy (non-hydrogen) atoms. The average Bonchev–Trinajstić information content (AvgIpc) is 2.70. The van der Waals surface area contributed by atoms with E-state index in [2.05, 4.69) is 76.3 Å². The molecule has 0 aliphatic heterocycles. The maximum atomic E-state index is 5.37. The number of rotatable bonds is 10. The molecule has 2 rings (SSSR count). The zero-order valence-electron chi connectivity index (χ0n) is 15.9. The maximum Gasteiger partial charge on any atom is 0.191 e. The summed E-state index contributed by atoms with van der Waals surface area (Å²) in [6.07, 6.45) is 2.13. The Balaban J connectivity index is 1.89. The van der Waals surface area contributed by atoms with Gasteiger partial charge in [0.05, 0.1) is 0 Å². The molecule has 0 bridgehead atoms. The van der Waals surface area contributed by atoms with E-state index in [1.807, 2.05) is 14.0 Å². The predicted molar refractivity (Wildman–Crippen MR) is 110 cm³/mol. The van der Waals surface area contributed by atoms with Crippen LogP contribution in [0.15, 0.2) is 65.7 Å². The standard InChI is InChI=1S/C22H31N3O/c1-3-26-17-11-10-16-24-22(23-2)25-18-21(19-12-6-4-7-13-19)20-14-8-5-9-15-20/h4-9,12-15,21H,3,10-11,16-18H2,1-2H3,(H2,23,24,25). The van der Waals surface area contributed by atoms with E-state index in [0.717, 1.165) is 45.1 Å². The van der Waals surface area contributed by atoms with Gasteiger partial charge in [0.15, 0.2) is 5.96 Å². The molecule has 2 aromatic rings. The number of nitrogens with zero attached hydrogens (tertiary/aromatic N) is 1. The third kappa shape index (κ3) is 6.89. The van der Waals surface area contributed by atoms with Crippen molar-refractivity contribution in [2.45, 2.75) is 25.7 Å². The lowest BCUT2D eigenvalue weighted by molar-refractivity contribution is 0.143. The van der Waals surface area contributed by atoms with Gasteiger partial charge in [0.1, 0.15) is 0 Å². The molecule has 0 unspecified atom stereocenters. The van der Waals surface area contributed by atoms with Gasteiger partial charge in [-0.3, -0.25) is 4.99 Å². The van der Waals surface area contributed by atoms with E-state index in [0.29, 0.717) is 0 Å². The topological polar surface area (TPSA) is 45.6 Å². The van der Waals surface area contributed by atoms with Crippen LogP contribution in [-0.2, 0) is 4.74 Å². The Labute approximate surface area is 157 Å². The fourth-order valence-corrected chi connectivity index (χ4v) is 2.90. The summed E-state index contributed by atoms with van der Waals surface area (Å²) in [5.74, 6) is 1.13. The van der Waals surface area contributed by atoms with Gasteiger partial charge in [-0.05, 0) is 30.9 Å². The molecule has 0 heterocycles. The summed E-state index contributed by atoms with van der Waals surface area (Å²) in [6, 6.07) is 21.2. The first-order chi connectivity index (χ1) is 12.8. The van der Waals surface area contributed by atoms with Crippen LogP contribution >= 0.6 is 0 Å². The molecule has 0 aliphatic carbocycles. The molecule has 2 N–H and O–H groups in total. The normalized spacial score (nSPS) is 11.6. The highest BCUT2D eigenvalue weighted by Crippen LogP contribution is 2.23. The first-order valence-corrected chi connectivity index (χ1v) is 9.47. The van der Waals surface area contributed by atoms with Crippen molar-refractivity contribution in [3.63, 3.8) is 0 Å². The van der Waals surface area contributed by atoms with E-state index in [4.69, 9.17) is 4.74 Å². The molecular formula is C22H31N3O. The largest absolute Gasteiger partial charge is 0.382 e. The summed E-state index contributed by atoms with van der Waals surface area (Å²) in [4.78, 5) is 4.34. The van der Waals surface area contributed by atoms with Crippen molar-refractivity contribution in [1.29, 1.82) is 0 Å². The van der Waals surface area contributed by atoms with Gasteiger partial charge in [-0.1, -0.05) is 60.7 Å². The number of nitrogens with one attached hydrogen (secondary N) is 2. The van der Waals surface area contributed by atoms with Crippen LogP contribution in [0.5, 0.6) is 0 Å². The van der Waals surface area contributed by atoms with Gasteiger partial charge in [0.25, 0.3) is 0 Å². The number of guanidine groups is 1. The quantitative estimate of drug-likeness (QED) is 0.388. The summed E-state index contributed by atoms with van der Waals surface area (Å²) in [5, 5.41) is 6.86. The summed E-state index contributed by atoms with van der Waals surface area (Å²) in [5.41, 5.74) is 2.61. The zero-order valence-corrected chi connectivity index (χ0v) is 15.9. The van der Waals surface area contributed by atoms with Crippen LogP contribution in [0.1, 0.15) is 36.8 Å². The summed E-state index contributed by atoms with van der Waals surface area (Å²) < 4.78 is 5.37. The molecule has 0 aliphatic rings. The van der Waals surface area contributed by atoms with Gasteiger partial charge in [-0.25, -0.2) is 0 Å². The number of unbranched alkanes of at least 4 members (excludes halogenated alkanes) is 1. The van der Waals surface area contributed by atoms with Gasteiger partial charge in [0.2, 0.25) is 0 Å². The Morgan fingerprint density at radius 2 is 1.54 bits per heavy atom. The summed E-state index contributed by atoms with van der Waals surface area (Å²) in [6.45, 7) is 5.34. The lowest BCUT2D eigenvalue weighted by atomic mass is 9.91. The molecule has 0 amide bonds. The highest BCUT2D eigenvalue weighted by molar-refractivity contribution is 5.79. The van der Waals surface area contributed by atoms with Crippen molar-refractivity contribution in [1.82, 2.24) is 10.6 Å². The number of benzene rings is 2. The van der Waals surface area contributed by atoms with Gasteiger partial charge in [0, 0.05) is 39.3 Å². The van der Waals surface area contributed by atoms with Crippen LogP contribution < -0.4 is 10.6 Å². The first kappa shape index (κ1) is 20.0. The molecular weight excluding hydrogens is 322 g/mol. The Morgan fingerprint density at radius 3 is 2.08 bits per heavy atom. The molecule has 0 fully saturated rings. The second-order valence-electron chi connectivity index (χ2n) is 6.16. The Bertz CT molecular complexity index is 589. The van der Waals surface area contributed by atoms with Crippen molar-refractivity contribution >= 4 is 5.96 Å². The molecule has 0 atom stereocenters. The van der Waals surface area contributed by atoms with Crippen LogP contribution in [0, 0.1) is 0 Å². The van der Waals surface area contributed by atoms with E-state index in [9.17, 15) is 0 Å². The SMILES string of the molecule is CCOCCCCNC(=NC)NCC(c1ccccc1)c1ccccc1. The molecule has 4 heteroatoms. The second-order valence-corrected chi connectivity index (χ2v) is 6.16. The van der Waals surface area contributed by atoms with Crippen LogP contribution in [0.2, 0.25) is 0 Å². The fraction of sp³-hybridized carbons (Fsp3) is 0.409. The molecule has 0 aromatic heterocycles. The summed E-state index contributed by atoms with van der Waals surface area (Å²) in [7, 11) is 1.82. The van der Waals surface area contributed by atoms with Crippen molar-refractivity contribution in [3.05, 3.63) is 71.8 Å². The minimum atomic E-state index is 0.286. The minimum absolute atomic E-state index is 0.286. The number of aliphatic imine (C=N–C) groups is 1. The van der Waals surface area contributed by atoms with Crippen molar-refractivity contribution in [2.24, 2.45) is 4.99 Å². The molecule has 0 spiro atoms. The van der Waals surface area contributed by atoms with Gasteiger partial charge < -0.3 is 15.4 Å². The van der Waals surface area contributed by atoms with Gasteiger partial charge in [-0.15, -0.1) is 0 Å². The van der Waals surface area contributed by atoms with Crippen LogP contribution in [0.25, 0.3) is 0 Å². The Kier molecular flexibility index (Phi) is 9.30. The summed E-state index contributed by atoms with van der Waals surface area (Å²) >= 11 is 0. The van der Waals surface area contributed by atoms with E-state index in [-0.39, 0.29) is 5.92 Å². The Morgan fingerprint density at radius 1 is 0.923 bits per heavy atom. The smallest absolute Gasteiger partial charge is 0.191 e. The third-order valence-electron chi connectivity index (χ3n) is 4.31. The molecule has 4 nitrogen and oxygen atoms in total. The minimum Gasteiger partial charge on any atom is -0.382 e. The van der Waals surface area contributed by atoms with E-state index in [1.54, 1.807) is 0 Å². The lowest BCUT2D eigenvalue weighted by Gasteiger charge is -2.20. The Hall–Kier alpha value is -2.33. The number of hydrogen-bond acceptors (Lipinski definition) is 2. The second kappa shape index (κ2) is 12.1. The van der Waals surface area contributed by atoms with E-state index < -0.39 is 0 Å². The molecule has 0 saturated heterocycles. The predicted octanol–water partition coefficient (Wildman–Crippen LogP) is 3.80. The first-order valence-electron chi connectivity index (χ1n) is 9.47. The van der Waals surface area contributed by atoms with Crippen molar-refractivity contribution < 1.29 is 4.74 Å². The fourth-order valence-electron chi connectivity index (χ4n) is 2.90. The van der Waals surface area contributed by atoms with Gasteiger partial charge in [-0.2, -0.15) is 0 Å².